The molecule has 1 aromatic carbocycles. The standard InChI is InChI=1S/C18H17N5O/c1-10-7-11(2)15(12(3)8-10)13-9-23-18(16(19)20-13)21-17(22-23)14-5-4-6-24-14/h4-9H,1-3H3,(H2,19,20). The van der Waals surface area contributed by atoms with Crippen molar-refractivity contribution in [1.82, 2.24) is 19.6 Å². The normalized spacial score (nSPS) is 11.3. The van der Waals surface area contributed by atoms with Crippen LogP contribution in [-0.4, -0.2) is 19.6 Å². The number of anilines is 1. The summed E-state index contributed by atoms with van der Waals surface area (Å²) < 4.78 is 7.02. The molecule has 6 heteroatoms. The second-order valence-corrected chi connectivity index (χ2v) is 5.97. The van der Waals surface area contributed by atoms with Crippen molar-refractivity contribution in [3.05, 3.63) is 53.4 Å². The Hall–Kier alpha value is -3.15. The van der Waals surface area contributed by atoms with Crippen molar-refractivity contribution in [2.45, 2.75) is 20.8 Å². The van der Waals surface area contributed by atoms with Gasteiger partial charge in [0, 0.05) is 5.56 Å². The zero-order chi connectivity index (χ0) is 16.8. The van der Waals surface area contributed by atoms with E-state index in [9.17, 15) is 0 Å². The molecule has 6 nitrogen and oxygen atoms in total. The lowest BCUT2D eigenvalue weighted by Gasteiger charge is -2.11. The molecule has 0 bridgehead atoms. The van der Waals surface area contributed by atoms with Crippen molar-refractivity contribution >= 4 is 11.5 Å². The van der Waals surface area contributed by atoms with E-state index in [1.54, 1.807) is 16.8 Å². The van der Waals surface area contributed by atoms with Crippen LogP contribution in [0.25, 0.3) is 28.5 Å². The Kier molecular flexibility index (Phi) is 3.13. The van der Waals surface area contributed by atoms with E-state index in [0.29, 0.717) is 23.0 Å². The predicted octanol–water partition coefficient (Wildman–Crippen LogP) is 3.56. The highest BCUT2D eigenvalue weighted by molar-refractivity contribution is 5.72. The molecule has 0 unspecified atom stereocenters. The Morgan fingerprint density at radius 2 is 1.83 bits per heavy atom. The van der Waals surface area contributed by atoms with E-state index in [1.165, 1.54) is 5.56 Å². The number of aryl methyl sites for hydroxylation is 3. The van der Waals surface area contributed by atoms with E-state index >= 15 is 0 Å². The third kappa shape index (κ3) is 2.23. The minimum atomic E-state index is 0.345. The Bertz CT molecular complexity index is 1020. The molecule has 0 aliphatic heterocycles. The summed E-state index contributed by atoms with van der Waals surface area (Å²) in [5, 5.41) is 4.47. The lowest BCUT2D eigenvalue weighted by Crippen LogP contribution is -2.01. The van der Waals surface area contributed by atoms with Gasteiger partial charge in [-0.25, -0.2) is 14.5 Å². The van der Waals surface area contributed by atoms with Crippen molar-refractivity contribution in [3.63, 3.8) is 0 Å². The molecule has 0 amide bonds. The smallest absolute Gasteiger partial charge is 0.218 e. The molecule has 120 valence electrons. The lowest BCUT2D eigenvalue weighted by atomic mass is 9.97. The Labute approximate surface area is 139 Å². The zero-order valence-electron chi connectivity index (χ0n) is 13.7. The van der Waals surface area contributed by atoms with Crippen LogP contribution < -0.4 is 5.73 Å². The van der Waals surface area contributed by atoms with Crippen molar-refractivity contribution in [2.24, 2.45) is 0 Å². The largest absolute Gasteiger partial charge is 0.461 e. The molecule has 0 spiro atoms. The first-order valence-corrected chi connectivity index (χ1v) is 7.68. The average molecular weight is 319 g/mol. The van der Waals surface area contributed by atoms with Gasteiger partial charge in [0.2, 0.25) is 5.82 Å². The van der Waals surface area contributed by atoms with E-state index in [0.717, 1.165) is 22.4 Å². The summed E-state index contributed by atoms with van der Waals surface area (Å²) in [6.07, 6.45) is 3.45. The highest BCUT2D eigenvalue weighted by Gasteiger charge is 2.15. The van der Waals surface area contributed by atoms with Crippen LogP contribution in [0.2, 0.25) is 0 Å². The van der Waals surface area contributed by atoms with Crippen LogP contribution in [0.15, 0.2) is 41.1 Å². The Balaban J connectivity index is 1.93. The summed E-state index contributed by atoms with van der Waals surface area (Å²) in [6.45, 7) is 6.24. The number of nitrogen functional groups attached to an aromatic ring is 1. The topological polar surface area (TPSA) is 82.2 Å². The number of nitrogens with two attached hydrogens (primary N) is 1. The third-order valence-electron chi connectivity index (χ3n) is 4.02. The highest BCUT2D eigenvalue weighted by atomic mass is 16.3. The fourth-order valence-electron chi connectivity index (χ4n) is 3.13. The van der Waals surface area contributed by atoms with Gasteiger partial charge in [0.1, 0.15) is 0 Å². The first-order valence-electron chi connectivity index (χ1n) is 7.68. The maximum atomic E-state index is 6.13. The van der Waals surface area contributed by atoms with Gasteiger partial charge >= 0.3 is 0 Å². The van der Waals surface area contributed by atoms with Gasteiger partial charge in [-0.15, -0.1) is 5.10 Å². The van der Waals surface area contributed by atoms with Crippen molar-refractivity contribution in [1.29, 1.82) is 0 Å². The number of furan rings is 1. The van der Waals surface area contributed by atoms with Crippen molar-refractivity contribution < 1.29 is 4.42 Å². The Morgan fingerprint density at radius 3 is 2.50 bits per heavy atom. The summed E-state index contributed by atoms with van der Waals surface area (Å²) in [5.74, 6) is 1.43. The van der Waals surface area contributed by atoms with Gasteiger partial charge in [0.05, 0.1) is 18.2 Å². The van der Waals surface area contributed by atoms with E-state index in [4.69, 9.17) is 10.2 Å². The Morgan fingerprint density at radius 1 is 1.08 bits per heavy atom. The third-order valence-corrected chi connectivity index (χ3v) is 4.02. The van der Waals surface area contributed by atoms with E-state index < -0.39 is 0 Å². The van der Waals surface area contributed by atoms with Crippen LogP contribution in [-0.2, 0) is 0 Å². The molecule has 4 rings (SSSR count). The summed E-state index contributed by atoms with van der Waals surface area (Å²) >= 11 is 0. The molecule has 0 fully saturated rings. The van der Waals surface area contributed by atoms with Gasteiger partial charge < -0.3 is 10.2 Å². The van der Waals surface area contributed by atoms with Gasteiger partial charge in [0.25, 0.3) is 0 Å². The van der Waals surface area contributed by atoms with Gasteiger partial charge in [-0.3, -0.25) is 0 Å². The first-order chi connectivity index (χ1) is 11.5. The van der Waals surface area contributed by atoms with Gasteiger partial charge in [0.15, 0.2) is 17.2 Å². The van der Waals surface area contributed by atoms with Gasteiger partial charge in [-0.05, 0) is 44.0 Å². The fraction of sp³-hybridized carbons (Fsp3) is 0.167. The molecule has 0 aliphatic rings. The van der Waals surface area contributed by atoms with Crippen molar-refractivity contribution in [3.8, 4) is 22.8 Å². The summed E-state index contributed by atoms with van der Waals surface area (Å²) in [5.41, 5.74) is 12.0. The molecule has 2 N–H and O–H groups in total. The minimum absolute atomic E-state index is 0.345. The lowest BCUT2D eigenvalue weighted by molar-refractivity contribution is 0.577. The number of hydrogen-bond acceptors (Lipinski definition) is 5. The molecule has 0 aliphatic carbocycles. The second-order valence-electron chi connectivity index (χ2n) is 5.97. The van der Waals surface area contributed by atoms with Gasteiger partial charge in [-0.1, -0.05) is 17.7 Å². The van der Waals surface area contributed by atoms with E-state index in [-0.39, 0.29) is 0 Å². The zero-order valence-corrected chi connectivity index (χ0v) is 13.7. The molecule has 3 heterocycles. The molecule has 0 saturated heterocycles. The van der Waals surface area contributed by atoms with Gasteiger partial charge in [-0.2, -0.15) is 0 Å². The van der Waals surface area contributed by atoms with Crippen LogP contribution >= 0.6 is 0 Å². The predicted molar refractivity (Wildman–Crippen MR) is 92.5 cm³/mol. The summed E-state index contributed by atoms with van der Waals surface area (Å²) in [7, 11) is 0. The first kappa shape index (κ1) is 14.4. The van der Waals surface area contributed by atoms with Crippen LogP contribution in [0.4, 0.5) is 5.82 Å². The number of hydrogen-bond donors (Lipinski definition) is 1. The number of aromatic nitrogens is 4. The van der Waals surface area contributed by atoms with Crippen LogP contribution in [0, 0.1) is 20.8 Å². The SMILES string of the molecule is Cc1cc(C)c(-c2cn3nc(-c4ccco4)nc3c(N)n2)c(C)c1. The molecular formula is C18H17N5O. The number of benzene rings is 1. The maximum absolute atomic E-state index is 6.13. The van der Waals surface area contributed by atoms with E-state index in [1.807, 2.05) is 12.3 Å². The second kappa shape index (κ2) is 5.19. The average Bonchev–Trinajstić information content (AvgIpc) is 3.15. The maximum Gasteiger partial charge on any atom is 0.218 e. The molecule has 24 heavy (non-hydrogen) atoms. The minimum Gasteiger partial charge on any atom is -0.461 e. The molecule has 3 aromatic heterocycles. The van der Waals surface area contributed by atoms with E-state index in [2.05, 4.69) is 48.0 Å². The highest BCUT2D eigenvalue weighted by Crippen LogP contribution is 2.29. The number of nitrogens with zero attached hydrogens (tertiary/aromatic N) is 4. The summed E-state index contributed by atoms with van der Waals surface area (Å²) in [4.78, 5) is 8.96. The monoisotopic (exact) mass is 319 g/mol. The van der Waals surface area contributed by atoms with Crippen molar-refractivity contribution in [2.75, 3.05) is 5.73 Å². The fourth-order valence-corrected chi connectivity index (χ4v) is 3.13. The van der Waals surface area contributed by atoms with Crippen LogP contribution in [0.1, 0.15) is 16.7 Å². The van der Waals surface area contributed by atoms with Crippen LogP contribution in [0.3, 0.4) is 0 Å². The molecule has 4 aromatic rings. The molecular weight excluding hydrogens is 302 g/mol. The molecule has 0 atom stereocenters. The molecule has 0 radical (unpaired) electrons. The van der Waals surface area contributed by atoms with Crippen LogP contribution in [0.5, 0.6) is 0 Å². The number of fused-ring (bicyclic) bond motifs is 1. The number of rotatable bonds is 2. The summed E-state index contributed by atoms with van der Waals surface area (Å²) in [6, 6.07) is 7.89. The quantitative estimate of drug-likeness (QED) is 0.611. The molecule has 0 saturated carbocycles.